The molecule has 0 bridgehead atoms. The molecule has 2 heterocycles. The smallest absolute Gasteiger partial charge is 0.326 e. The fourth-order valence-electron chi connectivity index (χ4n) is 5.79. The first-order chi connectivity index (χ1) is 20.8. The van der Waals surface area contributed by atoms with Crippen LogP contribution in [0.2, 0.25) is 0 Å². The number of aromatic nitrogens is 1. The number of hydrogen-bond acceptors (Lipinski definition) is 8. The summed E-state index contributed by atoms with van der Waals surface area (Å²) in [7, 11) is 2.94. The molecule has 1 aliphatic carbocycles. The maximum atomic E-state index is 13.5. The Balaban J connectivity index is 1.36. The highest BCUT2D eigenvalue weighted by Crippen LogP contribution is 2.52. The summed E-state index contributed by atoms with van der Waals surface area (Å²) in [6.07, 6.45) is 5.14. The van der Waals surface area contributed by atoms with Gasteiger partial charge in [-0.25, -0.2) is 14.2 Å². The SMILES string of the molecule is COc1cccc(C#N)c1C1(C(=O)N[C@@H](CCN(CCCCc2ccc3c(n2)NCCC3)C[C@@H](CF)OC)C(=O)O)CC1. The largest absolute Gasteiger partial charge is 0.496 e. The number of halogens is 1. The second kappa shape index (κ2) is 15.1. The molecule has 0 radical (unpaired) electrons. The van der Waals surface area contributed by atoms with Crippen molar-refractivity contribution in [2.45, 2.75) is 68.9 Å². The second-order valence-electron chi connectivity index (χ2n) is 11.3. The average Bonchev–Trinajstić information content (AvgIpc) is 3.84. The molecule has 2 aliphatic rings. The molecule has 0 unspecified atom stereocenters. The van der Waals surface area contributed by atoms with Crippen LogP contribution >= 0.6 is 0 Å². The van der Waals surface area contributed by atoms with E-state index in [0.717, 1.165) is 50.2 Å². The standard InChI is InChI=1S/C32H42FN5O5/c1-42-25(19-33)21-38(17-4-3-9-24-12-11-22-8-6-16-35-29(22)36-24)18-13-26(30(39)40)37-31(41)32(14-15-32)28-23(20-34)7-5-10-27(28)43-2/h5,7,10-12,25-26H,3-4,6,8-9,13-19,21H2,1-2H3,(H,35,36)(H,37,41)(H,39,40)/t25-,26+/m1/s1. The first kappa shape index (κ1) is 32.2. The maximum absolute atomic E-state index is 13.5. The van der Waals surface area contributed by atoms with E-state index in [9.17, 15) is 24.3 Å². The summed E-state index contributed by atoms with van der Waals surface area (Å²) >= 11 is 0. The molecule has 1 saturated carbocycles. The van der Waals surface area contributed by atoms with Crippen LogP contribution in [0.3, 0.4) is 0 Å². The van der Waals surface area contributed by atoms with Crippen molar-refractivity contribution in [1.29, 1.82) is 5.26 Å². The van der Waals surface area contributed by atoms with E-state index in [2.05, 4.69) is 28.8 Å². The van der Waals surface area contributed by atoms with Crippen molar-refractivity contribution in [3.63, 3.8) is 0 Å². The van der Waals surface area contributed by atoms with Crippen LogP contribution in [0.1, 0.15) is 60.9 Å². The Morgan fingerprint density at radius 2 is 2.05 bits per heavy atom. The van der Waals surface area contributed by atoms with Crippen molar-refractivity contribution in [2.75, 3.05) is 52.4 Å². The Bertz CT molecular complexity index is 1310. The predicted octanol–water partition coefficient (Wildman–Crippen LogP) is 3.62. The number of carbonyl (C=O) groups is 2. The lowest BCUT2D eigenvalue weighted by molar-refractivity contribution is -0.142. The van der Waals surface area contributed by atoms with Gasteiger partial charge in [-0.1, -0.05) is 12.1 Å². The zero-order valence-corrected chi connectivity index (χ0v) is 25.0. The Morgan fingerprint density at radius 3 is 2.72 bits per heavy atom. The van der Waals surface area contributed by atoms with Gasteiger partial charge in [-0.15, -0.1) is 0 Å². The number of carboxylic acid groups (broad SMARTS) is 1. The van der Waals surface area contributed by atoms with Crippen LogP contribution < -0.4 is 15.4 Å². The fourth-order valence-corrected chi connectivity index (χ4v) is 5.79. The van der Waals surface area contributed by atoms with E-state index >= 15 is 0 Å². The number of pyridine rings is 1. The molecule has 0 spiro atoms. The number of nitrogens with one attached hydrogen (secondary N) is 2. The number of amides is 1. The summed E-state index contributed by atoms with van der Waals surface area (Å²) in [5.41, 5.74) is 2.11. The van der Waals surface area contributed by atoms with E-state index in [4.69, 9.17) is 14.5 Å². The number of unbranched alkanes of at least 4 members (excludes halogenated alkanes) is 1. The monoisotopic (exact) mass is 595 g/mol. The van der Waals surface area contributed by atoms with Crippen LogP contribution in [0.4, 0.5) is 10.2 Å². The lowest BCUT2D eigenvalue weighted by atomic mass is 9.89. The highest BCUT2D eigenvalue weighted by molar-refractivity contribution is 5.95. The van der Waals surface area contributed by atoms with Crippen molar-refractivity contribution in [2.24, 2.45) is 0 Å². The minimum absolute atomic E-state index is 0.134. The van der Waals surface area contributed by atoms with Gasteiger partial charge in [0.05, 0.1) is 30.3 Å². The number of ether oxygens (including phenoxy) is 2. The quantitative estimate of drug-likeness (QED) is 0.234. The normalized spacial score (nSPS) is 16.3. The number of alkyl halides is 1. The van der Waals surface area contributed by atoms with Crippen LogP contribution in [0.5, 0.6) is 5.75 Å². The Hall–Kier alpha value is -3.75. The van der Waals surface area contributed by atoms with Gasteiger partial charge in [0.15, 0.2) is 0 Å². The molecule has 1 amide bonds. The van der Waals surface area contributed by atoms with E-state index in [1.165, 1.54) is 19.8 Å². The van der Waals surface area contributed by atoms with Crippen LogP contribution in [0, 0.1) is 11.3 Å². The van der Waals surface area contributed by atoms with Crippen LogP contribution in [-0.2, 0) is 32.6 Å². The summed E-state index contributed by atoms with van der Waals surface area (Å²) in [5.74, 6) is -0.174. The molecule has 43 heavy (non-hydrogen) atoms. The molecule has 1 fully saturated rings. The van der Waals surface area contributed by atoms with Crippen molar-refractivity contribution in [3.8, 4) is 11.8 Å². The minimum Gasteiger partial charge on any atom is -0.496 e. The number of carbonyl (C=O) groups excluding carboxylic acids is 1. The lowest BCUT2D eigenvalue weighted by Crippen LogP contribution is -2.48. The van der Waals surface area contributed by atoms with E-state index in [1.807, 2.05) is 4.90 Å². The number of carboxylic acids is 1. The van der Waals surface area contributed by atoms with Gasteiger partial charge >= 0.3 is 5.97 Å². The number of rotatable bonds is 17. The van der Waals surface area contributed by atoms with Crippen LogP contribution in [0.25, 0.3) is 0 Å². The van der Waals surface area contributed by atoms with E-state index in [0.29, 0.717) is 49.4 Å². The molecule has 3 N–H and O–H groups in total. The van der Waals surface area contributed by atoms with Gasteiger partial charge < -0.3 is 30.1 Å². The third-order valence-corrected chi connectivity index (χ3v) is 8.44. The summed E-state index contributed by atoms with van der Waals surface area (Å²) in [6.45, 7) is 1.56. The van der Waals surface area contributed by atoms with Crippen LogP contribution in [-0.4, -0.2) is 86.1 Å². The van der Waals surface area contributed by atoms with Gasteiger partial charge in [0.1, 0.15) is 24.3 Å². The molecule has 1 aromatic carbocycles. The topological polar surface area (TPSA) is 137 Å². The van der Waals surface area contributed by atoms with E-state index < -0.39 is 36.1 Å². The minimum atomic E-state index is -1.15. The first-order valence-electron chi connectivity index (χ1n) is 15.0. The number of nitrogens with zero attached hydrogens (tertiary/aromatic N) is 3. The Kier molecular flexibility index (Phi) is 11.3. The van der Waals surface area contributed by atoms with Crippen molar-refractivity contribution in [3.05, 3.63) is 52.7 Å². The van der Waals surface area contributed by atoms with Gasteiger partial charge in [0.2, 0.25) is 5.91 Å². The molecule has 232 valence electrons. The third-order valence-electron chi connectivity index (χ3n) is 8.44. The number of hydrogen-bond donors (Lipinski definition) is 3. The predicted molar refractivity (Wildman–Crippen MR) is 160 cm³/mol. The Labute approximate surface area is 252 Å². The molecule has 10 nitrogen and oxygen atoms in total. The molecule has 4 rings (SSSR count). The number of aryl methyl sites for hydroxylation is 2. The van der Waals surface area contributed by atoms with Crippen LogP contribution in [0.15, 0.2) is 30.3 Å². The summed E-state index contributed by atoms with van der Waals surface area (Å²) < 4.78 is 24.3. The second-order valence-corrected chi connectivity index (χ2v) is 11.3. The zero-order valence-electron chi connectivity index (χ0n) is 25.0. The van der Waals surface area contributed by atoms with Gasteiger partial charge in [0, 0.05) is 38.0 Å². The van der Waals surface area contributed by atoms with Gasteiger partial charge in [-0.3, -0.25) is 4.79 Å². The molecule has 1 aromatic heterocycles. The third kappa shape index (κ3) is 8.00. The summed E-state index contributed by atoms with van der Waals surface area (Å²) in [4.78, 5) is 32.5. The summed E-state index contributed by atoms with van der Waals surface area (Å²) in [6, 6.07) is 10.2. The molecule has 1 aliphatic heterocycles. The summed E-state index contributed by atoms with van der Waals surface area (Å²) in [5, 5.41) is 25.7. The molecular formula is C32H42FN5O5. The first-order valence-corrected chi connectivity index (χ1v) is 15.0. The number of nitriles is 1. The van der Waals surface area contributed by atoms with Crippen molar-refractivity contribution < 1.29 is 28.6 Å². The van der Waals surface area contributed by atoms with Crippen molar-refractivity contribution >= 4 is 17.7 Å². The number of aliphatic carboxylic acids is 1. The molecule has 0 saturated heterocycles. The van der Waals surface area contributed by atoms with Gasteiger partial charge in [0.25, 0.3) is 0 Å². The maximum Gasteiger partial charge on any atom is 0.326 e. The fraction of sp³-hybridized carbons (Fsp3) is 0.562. The highest BCUT2D eigenvalue weighted by Gasteiger charge is 2.54. The highest BCUT2D eigenvalue weighted by atomic mass is 19.1. The molecule has 2 aromatic rings. The molecule has 2 atom stereocenters. The van der Waals surface area contributed by atoms with E-state index in [-0.39, 0.29) is 6.42 Å². The van der Waals surface area contributed by atoms with E-state index in [1.54, 1.807) is 18.2 Å². The number of benzene rings is 1. The lowest BCUT2D eigenvalue weighted by Gasteiger charge is -2.28. The number of methoxy groups -OCH3 is 2. The average molecular weight is 596 g/mol. The Morgan fingerprint density at radius 1 is 1.23 bits per heavy atom. The zero-order chi connectivity index (χ0) is 30.8. The molecular weight excluding hydrogens is 553 g/mol. The van der Waals surface area contributed by atoms with Crippen molar-refractivity contribution in [1.82, 2.24) is 15.2 Å². The van der Waals surface area contributed by atoms with Gasteiger partial charge in [-0.05, 0) is 81.7 Å². The molecule has 11 heteroatoms. The number of anilines is 1. The number of fused-ring (bicyclic) bond motifs is 1. The van der Waals surface area contributed by atoms with Gasteiger partial charge in [-0.2, -0.15) is 5.26 Å².